The van der Waals surface area contributed by atoms with Crippen LogP contribution in [0.5, 0.6) is 0 Å². The first-order valence-corrected chi connectivity index (χ1v) is 7.93. The Morgan fingerprint density at radius 2 is 2.09 bits per heavy atom. The molecular formula is C17H16N4O2. The predicted octanol–water partition coefficient (Wildman–Crippen LogP) is 1.38. The van der Waals surface area contributed by atoms with Crippen LogP contribution in [-0.2, 0) is 21.4 Å². The molecule has 1 fully saturated rings. The van der Waals surface area contributed by atoms with Gasteiger partial charge in [0.05, 0.1) is 0 Å². The molecule has 2 atom stereocenters. The Morgan fingerprint density at radius 1 is 1.26 bits per heavy atom. The summed E-state index contributed by atoms with van der Waals surface area (Å²) in [6, 6.07) is 5.54. The van der Waals surface area contributed by atoms with Gasteiger partial charge in [-0.3, -0.25) is 19.1 Å². The van der Waals surface area contributed by atoms with Crippen molar-refractivity contribution in [2.24, 2.45) is 0 Å². The van der Waals surface area contributed by atoms with Gasteiger partial charge in [0, 0.05) is 12.6 Å². The Morgan fingerprint density at radius 3 is 2.91 bits per heavy atom. The smallest absolute Gasteiger partial charge is 0.253 e. The molecule has 2 unspecified atom stereocenters. The van der Waals surface area contributed by atoms with Gasteiger partial charge in [-0.25, -0.2) is 0 Å². The number of aromatic nitrogens is 3. The lowest BCUT2D eigenvalue weighted by molar-refractivity contribution is -0.138. The van der Waals surface area contributed by atoms with Crippen LogP contribution in [0.15, 0.2) is 18.2 Å². The van der Waals surface area contributed by atoms with Gasteiger partial charge in [0.1, 0.15) is 17.3 Å². The fourth-order valence-electron chi connectivity index (χ4n) is 4.80. The molecule has 23 heavy (non-hydrogen) atoms. The van der Waals surface area contributed by atoms with Crippen LogP contribution in [0.2, 0.25) is 0 Å². The van der Waals surface area contributed by atoms with Crippen LogP contribution >= 0.6 is 0 Å². The number of carbonyl (C=O) groups is 2. The van der Waals surface area contributed by atoms with Gasteiger partial charge in [-0.15, -0.1) is 10.2 Å². The molecule has 0 N–H and O–H groups in total. The van der Waals surface area contributed by atoms with Gasteiger partial charge >= 0.3 is 0 Å². The summed E-state index contributed by atoms with van der Waals surface area (Å²) in [7, 11) is 1.59. The molecule has 0 bridgehead atoms. The molecule has 0 radical (unpaired) electrons. The summed E-state index contributed by atoms with van der Waals surface area (Å²) in [4.78, 5) is 27.3. The second-order valence-corrected chi connectivity index (χ2v) is 6.71. The van der Waals surface area contributed by atoms with E-state index in [1.165, 1.54) is 10.5 Å². The van der Waals surface area contributed by atoms with Crippen molar-refractivity contribution in [1.82, 2.24) is 19.7 Å². The van der Waals surface area contributed by atoms with E-state index in [1.807, 2.05) is 23.6 Å². The van der Waals surface area contributed by atoms with E-state index in [1.54, 1.807) is 7.05 Å². The SMILES string of the molecule is Cc1nnc2n1C1C(=O)N(C)C(=O)C13CCCc1cccc-2c13. The molecule has 1 spiro atoms. The van der Waals surface area contributed by atoms with Gasteiger partial charge < -0.3 is 0 Å². The molecular weight excluding hydrogens is 292 g/mol. The van der Waals surface area contributed by atoms with Gasteiger partial charge in [0.2, 0.25) is 5.91 Å². The Bertz CT molecular complexity index is 900. The number of likely N-dealkylation sites (N-methyl/N-ethyl adjacent to an activating group) is 1. The summed E-state index contributed by atoms with van der Waals surface area (Å²) in [6.07, 6.45) is 2.56. The third-order valence-corrected chi connectivity index (χ3v) is 5.70. The second kappa shape index (κ2) is 3.88. The summed E-state index contributed by atoms with van der Waals surface area (Å²) in [5, 5.41) is 8.49. The maximum atomic E-state index is 13.1. The van der Waals surface area contributed by atoms with Crippen LogP contribution in [0, 0.1) is 6.92 Å². The lowest BCUT2D eigenvalue weighted by Crippen LogP contribution is -2.46. The third-order valence-electron chi connectivity index (χ3n) is 5.70. The first-order valence-electron chi connectivity index (χ1n) is 7.93. The van der Waals surface area contributed by atoms with E-state index < -0.39 is 11.5 Å². The number of hydrogen-bond donors (Lipinski definition) is 0. The number of rotatable bonds is 0. The Labute approximate surface area is 133 Å². The average Bonchev–Trinajstić information content (AvgIpc) is 3.02. The number of aryl methyl sites for hydroxylation is 2. The molecule has 1 saturated heterocycles. The molecule has 3 heterocycles. The first-order chi connectivity index (χ1) is 11.1. The molecule has 2 aromatic rings. The zero-order valence-electron chi connectivity index (χ0n) is 13.0. The van der Waals surface area contributed by atoms with Crippen molar-refractivity contribution >= 4 is 11.8 Å². The number of fused-ring (bicyclic) bond motifs is 3. The normalized spacial score (nSPS) is 27.7. The molecule has 5 rings (SSSR count). The highest BCUT2D eigenvalue weighted by Gasteiger charge is 2.64. The zero-order valence-corrected chi connectivity index (χ0v) is 13.0. The minimum Gasteiger partial charge on any atom is -0.297 e. The van der Waals surface area contributed by atoms with Gasteiger partial charge in [0.25, 0.3) is 5.91 Å². The van der Waals surface area contributed by atoms with Crippen molar-refractivity contribution < 1.29 is 9.59 Å². The Balaban J connectivity index is 1.98. The van der Waals surface area contributed by atoms with Gasteiger partial charge in [-0.2, -0.15) is 0 Å². The van der Waals surface area contributed by atoms with E-state index in [9.17, 15) is 9.59 Å². The molecule has 1 aromatic heterocycles. The van der Waals surface area contributed by atoms with Crippen molar-refractivity contribution in [3.8, 4) is 11.4 Å². The number of hydrogen-bond acceptors (Lipinski definition) is 4. The highest BCUT2D eigenvalue weighted by Crippen LogP contribution is 2.57. The molecule has 1 aromatic carbocycles. The number of likely N-dealkylation sites (tertiary alicyclic amines) is 1. The zero-order chi connectivity index (χ0) is 15.9. The summed E-state index contributed by atoms with van der Waals surface area (Å²) in [5.74, 6) is 1.15. The third kappa shape index (κ3) is 1.24. The molecule has 116 valence electrons. The average molecular weight is 308 g/mol. The largest absolute Gasteiger partial charge is 0.297 e. The Hall–Kier alpha value is -2.50. The number of imide groups is 1. The predicted molar refractivity (Wildman–Crippen MR) is 81.6 cm³/mol. The standard InChI is InChI=1S/C17H16N4O2/c1-9-18-19-14-11-7-3-5-10-6-4-8-17(12(10)11)13(21(9)14)15(22)20(2)16(17)23/h3,5,7,13H,4,6,8H2,1-2H3. The maximum absolute atomic E-state index is 13.1. The first kappa shape index (κ1) is 13.0. The summed E-state index contributed by atoms with van der Waals surface area (Å²) < 4.78 is 1.88. The van der Waals surface area contributed by atoms with E-state index in [0.717, 1.165) is 24.0 Å². The minimum atomic E-state index is -0.782. The van der Waals surface area contributed by atoms with E-state index in [2.05, 4.69) is 16.3 Å². The fraction of sp³-hybridized carbons (Fsp3) is 0.412. The fourth-order valence-corrected chi connectivity index (χ4v) is 4.80. The van der Waals surface area contributed by atoms with Crippen LogP contribution in [0.1, 0.15) is 35.8 Å². The summed E-state index contributed by atoms with van der Waals surface area (Å²) >= 11 is 0. The molecule has 3 aliphatic rings. The lowest BCUT2D eigenvalue weighted by Gasteiger charge is -2.42. The van der Waals surface area contributed by atoms with E-state index >= 15 is 0 Å². The van der Waals surface area contributed by atoms with Gasteiger partial charge in [0.15, 0.2) is 5.82 Å². The molecule has 0 saturated carbocycles. The quantitative estimate of drug-likeness (QED) is 0.690. The van der Waals surface area contributed by atoms with Crippen molar-refractivity contribution in [3.63, 3.8) is 0 Å². The topological polar surface area (TPSA) is 68.1 Å². The molecule has 2 amide bonds. The van der Waals surface area contributed by atoms with Crippen molar-refractivity contribution in [2.75, 3.05) is 7.05 Å². The lowest BCUT2D eigenvalue weighted by atomic mass is 9.63. The van der Waals surface area contributed by atoms with Crippen molar-refractivity contribution in [1.29, 1.82) is 0 Å². The monoisotopic (exact) mass is 308 g/mol. The molecule has 1 aliphatic carbocycles. The van der Waals surface area contributed by atoms with Crippen LogP contribution in [-0.4, -0.2) is 38.5 Å². The molecule has 6 heteroatoms. The number of nitrogens with zero attached hydrogens (tertiary/aromatic N) is 4. The number of benzene rings is 1. The van der Waals surface area contributed by atoms with Crippen molar-refractivity contribution in [3.05, 3.63) is 35.2 Å². The summed E-state index contributed by atoms with van der Waals surface area (Å²) in [5.41, 5.74) is 2.35. The van der Waals surface area contributed by atoms with Crippen LogP contribution < -0.4 is 0 Å². The van der Waals surface area contributed by atoms with Crippen molar-refractivity contribution in [2.45, 2.75) is 37.6 Å². The Kier molecular flexibility index (Phi) is 2.19. The number of amides is 2. The number of carbonyl (C=O) groups excluding carboxylic acids is 2. The van der Waals surface area contributed by atoms with Crippen LogP contribution in [0.25, 0.3) is 11.4 Å². The van der Waals surface area contributed by atoms with E-state index in [0.29, 0.717) is 18.1 Å². The van der Waals surface area contributed by atoms with Crippen LogP contribution in [0.4, 0.5) is 0 Å². The van der Waals surface area contributed by atoms with Gasteiger partial charge in [-0.05, 0) is 37.3 Å². The highest BCUT2D eigenvalue weighted by atomic mass is 16.2. The maximum Gasteiger partial charge on any atom is 0.253 e. The molecule has 2 aliphatic heterocycles. The summed E-state index contributed by atoms with van der Waals surface area (Å²) in [6.45, 7) is 1.85. The van der Waals surface area contributed by atoms with Gasteiger partial charge in [-0.1, -0.05) is 18.2 Å². The second-order valence-electron chi connectivity index (χ2n) is 6.71. The minimum absolute atomic E-state index is 0.0837. The highest BCUT2D eigenvalue weighted by molar-refractivity contribution is 6.13. The van der Waals surface area contributed by atoms with Crippen LogP contribution in [0.3, 0.4) is 0 Å². The van der Waals surface area contributed by atoms with E-state index in [-0.39, 0.29) is 11.8 Å². The van der Waals surface area contributed by atoms with E-state index in [4.69, 9.17) is 0 Å². The molecule has 6 nitrogen and oxygen atoms in total.